The molecular formula is C18H15BO3. The summed E-state index contributed by atoms with van der Waals surface area (Å²) in [4.78, 5) is 0. The minimum atomic E-state index is -1.47. The van der Waals surface area contributed by atoms with E-state index >= 15 is 0 Å². The van der Waals surface area contributed by atoms with Crippen molar-refractivity contribution in [2.75, 3.05) is 0 Å². The van der Waals surface area contributed by atoms with E-state index in [2.05, 4.69) is 0 Å². The summed E-state index contributed by atoms with van der Waals surface area (Å²) >= 11 is 0. The van der Waals surface area contributed by atoms with Gasteiger partial charge in [0.05, 0.1) is 0 Å². The number of hydrogen-bond donors (Lipinski definition) is 2. The Morgan fingerprint density at radius 2 is 1.27 bits per heavy atom. The van der Waals surface area contributed by atoms with E-state index < -0.39 is 7.12 Å². The summed E-state index contributed by atoms with van der Waals surface area (Å²) in [6, 6.07) is 24.4. The lowest BCUT2D eigenvalue weighted by Gasteiger charge is -2.09. The first-order valence-electron chi connectivity index (χ1n) is 7.02. The SMILES string of the molecule is OB(O)c1cccc(-c2cccc(Oc3ccccc3)c2)c1. The Balaban J connectivity index is 1.89. The van der Waals surface area contributed by atoms with Crippen LogP contribution >= 0.6 is 0 Å². The molecule has 0 unspecified atom stereocenters. The summed E-state index contributed by atoms with van der Waals surface area (Å²) in [6.07, 6.45) is 0. The van der Waals surface area contributed by atoms with Crippen molar-refractivity contribution in [3.8, 4) is 22.6 Å². The highest BCUT2D eigenvalue weighted by atomic mass is 16.5. The zero-order valence-electron chi connectivity index (χ0n) is 11.9. The molecule has 3 nitrogen and oxygen atoms in total. The summed E-state index contributed by atoms with van der Waals surface area (Å²) in [7, 11) is -1.47. The normalized spacial score (nSPS) is 10.3. The van der Waals surface area contributed by atoms with Crippen LogP contribution < -0.4 is 10.2 Å². The molecule has 22 heavy (non-hydrogen) atoms. The third-order valence-corrected chi connectivity index (χ3v) is 3.33. The van der Waals surface area contributed by atoms with Gasteiger partial charge in [0.2, 0.25) is 0 Å². The highest BCUT2D eigenvalue weighted by molar-refractivity contribution is 6.58. The molecule has 0 amide bonds. The molecule has 0 atom stereocenters. The van der Waals surface area contributed by atoms with Crippen LogP contribution in [0.3, 0.4) is 0 Å². The van der Waals surface area contributed by atoms with Crippen LogP contribution in [0.15, 0.2) is 78.9 Å². The van der Waals surface area contributed by atoms with Crippen LogP contribution in [0.2, 0.25) is 0 Å². The maximum Gasteiger partial charge on any atom is 0.488 e. The molecule has 2 N–H and O–H groups in total. The molecule has 0 fully saturated rings. The molecule has 0 bridgehead atoms. The maximum atomic E-state index is 9.28. The van der Waals surface area contributed by atoms with Crippen molar-refractivity contribution in [2.45, 2.75) is 0 Å². The Morgan fingerprint density at radius 1 is 0.636 bits per heavy atom. The molecular weight excluding hydrogens is 275 g/mol. The van der Waals surface area contributed by atoms with Crippen molar-refractivity contribution in [1.82, 2.24) is 0 Å². The fraction of sp³-hybridized carbons (Fsp3) is 0. The lowest BCUT2D eigenvalue weighted by molar-refractivity contribution is 0.426. The maximum absolute atomic E-state index is 9.28. The van der Waals surface area contributed by atoms with E-state index in [1.807, 2.05) is 60.7 Å². The minimum Gasteiger partial charge on any atom is -0.457 e. The first-order chi connectivity index (χ1) is 10.7. The van der Waals surface area contributed by atoms with Gasteiger partial charge in [-0.1, -0.05) is 54.6 Å². The van der Waals surface area contributed by atoms with Crippen LogP contribution in [0, 0.1) is 0 Å². The Morgan fingerprint density at radius 3 is 2.00 bits per heavy atom. The number of ether oxygens (including phenoxy) is 1. The first kappa shape index (κ1) is 14.4. The molecule has 0 saturated carbocycles. The third kappa shape index (κ3) is 3.36. The molecule has 0 aliphatic rings. The second-order valence-corrected chi connectivity index (χ2v) is 4.94. The van der Waals surface area contributed by atoms with Crippen LogP contribution in [0.1, 0.15) is 0 Å². The van der Waals surface area contributed by atoms with E-state index in [1.54, 1.807) is 18.2 Å². The highest BCUT2D eigenvalue weighted by Crippen LogP contribution is 2.26. The molecule has 0 saturated heterocycles. The minimum absolute atomic E-state index is 0.465. The Hall–Kier alpha value is -2.56. The average Bonchev–Trinajstić information content (AvgIpc) is 2.56. The molecule has 0 aromatic heterocycles. The largest absolute Gasteiger partial charge is 0.488 e. The lowest BCUT2D eigenvalue weighted by atomic mass is 9.79. The predicted octanol–water partition coefficient (Wildman–Crippen LogP) is 2.83. The smallest absolute Gasteiger partial charge is 0.457 e. The fourth-order valence-corrected chi connectivity index (χ4v) is 2.24. The summed E-state index contributed by atoms with van der Waals surface area (Å²) in [5, 5.41) is 18.6. The van der Waals surface area contributed by atoms with Crippen molar-refractivity contribution in [3.05, 3.63) is 78.9 Å². The van der Waals surface area contributed by atoms with Gasteiger partial charge in [-0.15, -0.1) is 0 Å². The monoisotopic (exact) mass is 290 g/mol. The number of benzene rings is 3. The molecule has 3 rings (SSSR count). The molecule has 0 aliphatic carbocycles. The van der Waals surface area contributed by atoms with Gasteiger partial charge in [-0.05, 0) is 40.9 Å². The van der Waals surface area contributed by atoms with Crippen molar-refractivity contribution in [2.24, 2.45) is 0 Å². The molecule has 0 spiro atoms. The molecule has 108 valence electrons. The Bertz CT molecular complexity index is 757. The van der Waals surface area contributed by atoms with Crippen molar-refractivity contribution >= 4 is 12.6 Å². The molecule has 0 radical (unpaired) electrons. The summed E-state index contributed by atoms with van der Waals surface area (Å²) in [5.41, 5.74) is 2.33. The van der Waals surface area contributed by atoms with E-state index in [0.717, 1.165) is 22.6 Å². The van der Waals surface area contributed by atoms with E-state index in [4.69, 9.17) is 4.74 Å². The topological polar surface area (TPSA) is 49.7 Å². The summed E-state index contributed by atoms with van der Waals surface area (Å²) in [6.45, 7) is 0. The van der Waals surface area contributed by atoms with Gasteiger partial charge in [-0.3, -0.25) is 0 Å². The second-order valence-electron chi connectivity index (χ2n) is 4.94. The molecule has 3 aromatic rings. The zero-order valence-corrected chi connectivity index (χ0v) is 11.9. The van der Waals surface area contributed by atoms with Crippen molar-refractivity contribution in [1.29, 1.82) is 0 Å². The predicted molar refractivity (Wildman–Crippen MR) is 88.2 cm³/mol. The molecule has 4 heteroatoms. The van der Waals surface area contributed by atoms with Crippen molar-refractivity contribution in [3.63, 3.8) is 0 Å². The van der Waals surface area contributed by atoms with Crippen LogP contribution in [0.25, 0.3) is 11.1 Å². The third-order valence-electron chi connectivity index (χ3n) is 3.33. The number of hydrogen-bond acceptors (Lipinski definition) is 3. The van der Waals surface area contributed by atoms with E-state index in [0.29, 0.717) is 5.46 Å². The van der Waals surface area contributed by atoms with Crippen LogP contribution in [0.4, 0.5) is 0 Å². The average molecular weight is 290 g/mol. The standard InChI is InChI=1S/C18H15BO3/c20-19(21)16-8-4-6-14(12-16)15-7-5-11-18(13-15)22-17-9-2-1-3-10-17/h1-13,20-21H. The quantitative estimate of drug-likeness (QED) is 0.726. The molecule has 3 aromatic carbocycles. The van der Waals surface area contributed by atoms with Crippen LogP contribution in [-0.4, -0.2) is 17.2 Å². The van der Waals surface area contributed by atoms with Crippen LogP contribution in [-0.2, 0) is 0 Å². The zero-order chi connectivity index (χ0) is 15.4. The Kier molecular flexibility index (Phi) is 4.23. The molecule has 0 heterocycles. The van der Waals surface area contributed by atoms with Gasteiger partial charge in [0.1, 0.15) is 11.5 Å². The number of rotatable bonds is 4. The second kappa shape index (κ2) is 6.47. The highest BCUT2D eigenvalue weighted by Gasteiger charge is 2.11. The first-order valence-corrected chi connectivity index (χ1v) is 7.02. The Labute approximate surface area is 129 Å². The number of para-hydroxylation sites is 1. The fourth-order valence-electron chi connectivity index (χ4n) is 2.24. The van der Waals surface area contributed by atoms with E-state index in [1.165, 1.54) is 0 Å². The van der Waals surface area contributed by atoms with Gasteiger partial charge in [0.15, 0.2) is 0 Å². The van der Waals surface area contributed by atoms with Gasteiger partial charge in [0, 0.05) is 0 Å². The van der Waals surface area contributed by atoms with Crippen LogP contribution in [0.5, 0.6) is 11.5 Å². The van der Waals surface area contributed by atoms with Gasteiger partial charge >= 0.3 is 7.12 Å². The van der Waals surface area contributed by atoms with Gasteiger partial charge in [0.25, 0.3) is 0 Å². The van der Waals surface area contributed by atoms with Crippen molar-refractivity contribution < 1.29 is 14.8 Å². The van der Waals surface area contributed by atoms with E-state index in [9.17, 15) is 10.0 Å². The molecule has 0 aliphatic heterocycles. The summed E-state index contributed by atoms with van der Waals surface area (Å²) < 4.78 is 5.82. The van der Waals surface area contributed by atoms with Gasteiger partial charge < -0.3 is 14.8 Å². The summed E-state index contributed by atoms with van der Waals surface area (Å²) in [5.74, 6) is 1.51. The van der Waals surface area contributed by atoms with E-state index in [-0.39, 0.29) is 0 Å². The van der Waals surface area contributed by atoms with Gasteiger partial charge in [-0.25, -0.2) is 0 Å². The van der Waals surface area contributed by atoms with Gasteiger partial charge in [-0.2, -0.15) is 0 Å². The lowest BCUT2D eigenvalue weighted by Crippen LogP contribution is -2.29.